The summed E-state index contributed by atoms with van der Waals surface area (Å²) in [5, 5.41) is 11.9. The molecule has 0 aromatic heterocycles. The highest BCUT2D eigenvalue weighted by Crippen LogP contribution is 2.15. The maximum atomic E-state index is 11.4. The zero-order chi connectivity index (χ0) is 10.6. The summed E-state index contributed by atoms with van der Waals surface area (Å²) in [6.07, 6.45) is 2.09. The van der Waals surface area contributed by atoms with Gasteiger partial charge in [0.1, 0.15) is 0 Å². The Morgan fingerprint density at radius 2 is 2.36 bits per heavy atom. The third-order valence-corrected chi connectivity index (χ3v) is 2.51. The zero-order valence-electron chi connectivity index (χ0n) is 8.99. The molecule has 0 spiro atoms. The van der Waals surface area contributed by atoms with E-state index in [4.69, 9.17) is 5.11 Å². The van der Waals surface area contributed by atoms with Gasteiger partial charge in [0.05, 0.1) is 13.2 Å². The first kappa shape index (κ1) is 11.5. The minimum absolute atomic E-state index is 0.0559. The summed E-state index contributed by atoms with van der Waals surface area (Å²) in [6, 6.07) is 0.380. The summed E-state index contributed by atoms with van der Waals surface area (Å²) in [7, 11) is 0. The van der Waals surface area contributed by atoms with Crippen LogP contribution in [0.25, 0.3) is 0 Å². The van der Waals surface area contributed by atoms with Crippen LogP contribution in [0.15, 0.2) is 0 Å². The van der Waals surface area contributed by atoms with Crippen molar-refractivity contribution in [3.05, 3.63) is 0 Å². The molecule has 1 fully saturated rings. The van der Waals surface area contributed by atoms with E-state index in [-0.39, 0.29) is 24.6 Å². The van der Waals surface area contributed by atoms with Crippen molar-refractivity contribution >= 4 is 5.91 Å². The molecule has 4 nitrogen and oxygen atoms in total. The van der Waals surface area contributed by atoms with E-state index < -0.39 is 0 Å². The lowest BCUT2D eigenvalue weighted by atomic mass is 10.2. The molecule has 1 heterocycles. The van der Waals surface area contributed by atoms with Crippen LogP contribution in [-0.4, -0.2) is 47.7 Å². The van der Waals surface area contributed by atoms with Crippen molar-refractivity contribution in [3.63, 3.8) is 0 Å². The zero-order valence-corrected chi connectivity index (χ0v) is 8.99. The lowest BCUT2D eigenvalue weighted by Crippen LogP contribution is -2.43. The number of aliphatic hydroxyl groups excluding tert-OH is 1. The molecular weight excluding hydrogens is 180 g/mol. The van der Waals surface area contributed by atoms with Gasteiger partial charge in [-0.05, 0) is 33.2 Å². The van der Waals surface area contributed by atoms with Gasteiger partial charge in [-0.15, -0.1) is 0 Å². The van der Waals surface area contributed by atoms with Crippen molar-refractivity contribution in [3.8, 4) is 0 Å². The molecule has 14 heavy (non-hydrogen) atoms. The van der Waals surface area contributed by atoms with Crippen LogP contribution in [0.1, 0.15) is 26.7 Å². The molecule has 82 valence electrons. The van der Waals surface area contributed by atoms with E-state index in [0.29, 0.717) is 6.54 Å². The van der Waals surface area contributed by atoms with Crippen molar-refractivity contribution in [2.24, 2.45) is 0 Å². The molecule has 0 radical (unpaired) electrons. The van der Waals surface area contributed by atoms with Gasteiger partial charge in [0.25, 0.3) is 0 Å². The molecule has 1 aliphatic heterocycles. The Bertz CT molecular complexity index is 195. The van der Waals surface area contributed by atoms with Gasteiger partial charge in [0, 0.05) is 12.1 Å². The number of nitrogens with one attached hydrogen (secondary N) is 1. The van der Waals surface area contributed by atoms with Crippen LogP contribution >= 0.6 is 0 Å². The molecule has 0 bridgehead atoms. The summed E-state index contributed by atoms with van der Waals surface area (Å²) >= 11 is 0. The van der Waals surface area contributed by atoms with Gasteiger partial charge >= 0.3 is 0 Å². The SMILES string of the molecule is CC(C)NC(=O)CN1CCC[C@@H]1CO. The minimum atomic E-state index is 0.0559. The Balaban J connectivity index is 2.32. The fraction of sp³-hybridized carbons (Fsp3) is 0.900. The van der Waals surface area contributed by atoms with Gasteiger partial charge in [-0.3, -0.25) is 9.69 Å². The molecule has 2 N–H and O–H groups in total. The van der Waals surface area contributed by atoms with Crippen LogP contribution in [-0.2, 0) is 4.79 Å². The Morgan fingerprint density at radius 3 is 2.93 bits per heavy atom. The first-order valence-corrected chi connectivity index (χ1v) is 5.27. The van der Waals surface area contributed by atoms with Crippen molar-refractivity contribution in [1.82, 2.24) is 10.2 Å². The Labute approximate surface area is 85.3 Å². The van der Waals surface area contributed by atoms with E-state index in [9.17, 15) is 4.79 Å². The maximum absolute atomic E-state index is 11.4. The maximum Gasteiger partial charge on any atom is 0.234 e. The molecule has 0 unspecified atom stereocenters. The second-order valence-corrected chi connectivity index (χ2v) is 4.17. The van der Waals surface area contributed by atoms with Crippen LogP contribution in [0, 0.1) is 0 Å². The predicted octanol–water partition coefficient (Wildman–Crippen LogP) is -0.0323. The molecule has 0 aliphatic carbocycles. The van der Waals surface area contributed by atoms with Crippen LogP contribution < -0.4 is 5.32 Å². The number of aliphatic hydroxyl groups is 1. The van der Waals surface area contributed by atoms with Crippen molar-refractivity contribution in [2.75, 3.05) is 19.7 Å². The number of carbonyl (C=O) groups excluding carboxylic acids is 1. The molecule has 0 saturated carbocycles. The number of rotatable bonds is 4. The minimum Gasteiger partial charge on any atom is -0.395 e. The van der Waals surface area contributed by atoms with Crippen LogP contribution in [0.2, 0.25) is 0 Å². The van der Waals surface area contributed by atoms with Crippen molar-refractivity contribution in [1.29, 1.82) is 0 Å². The number of hydrogen-bond donors (Lipinski definition) is 2. The molecule has 0 aromatic rings. The highest BCUT2D eigenvalue weighted by molar-refractivity contribution is 5.78. The van der Waals surface area contributed by atoms with Crippen molar-refractivity contribution in [2.45, 2.75) is 38.8 Å². The van der Waals surface area contributed by atoms with Crippen LogP contribution in [0.4, 0.5) is 0 Å². The number of carbonyl (C=O) groups is 1. The fourth-order valence-electron chi connectivity index (χ4n) is 1.86. The Morgan fingerprint density at radius 1 is 1.64 bits per heavy atom. The quantitative estimate of drug-likeness (QED) is 0.670. The average molecular weight is 200 g/mol. The summed E-state index contributed by atoms with van der Waals surface area (Å²) < 4.78 is 0. The third kappa shape index (κ3) is 3.27. The van der Waals surface area contributed by atoms with E-state index in [1.165, 1.54) is 0 Å². The number of likely N-dealkylation sites (tertiary alicyclic amines) is 1. The molecule has 1 aliphatic rings. The van der Waals surface area contributed by atoms with E-state index in [1.54, 1.807) is 0 Å². The average Bonchev–Trinajstić information content (AvgIpc) is 2.50. The second-order valence-electron chi connectivity index (χ2n) is 4.17. The highest BCUT2D eigenvalue weighted by atomic mass is 16.3. The van der Waals surface area contributed by atoms with Gasteiger partial charge in [0.2, 0.25) is 5.91 Å². The van der Waals surface area contributed by atoms with Gasteiger partial charge in [-0.2, -0.15) is 0 Å². The smallest absolute Gasteiger partial charge is 0.234 e. The molecule has 1 amide bonds. The largest absolute Gasteiger partial charge is 0.395 e. The third-order valence-electron chi connectivity index (χ3n) is 2.51. The standard InChI is InChI=1S/C10H20N2O2/c1-8(2)11-10(14)6-12-5-3-4-9(12)7-13/h8-9,13H,3-7H2,1-2H3,(H,11,14)/t9-/m1/s1. The number of amides is 1. The summed E-state index contributed by atoms with van der Waals surface area (Å²) in [6.45, 7) is 5.41. The van der Waals surface area contributed by atoms with E-state index in [0.717, 1.165) is 19.4 Å². The van der Waals surface area contributed by atoms with E-state index in [1.807, 2.05) is 13.8 Å². The van der Waals surface area contributed by atoms with Gasteiger partial charge in [-0.25, -0.2) is 0 Å². The summed E-state index contributed by atoms with van der Waals surface area (Å²) in [5.74, 6) is 0.0559. The lowest BCUT2D eigenvalue weighted by Gasteiger charge is -2.22. The Hall–Kier alpha value is -0.610. The monoisotopic (exact) mass is 200 g/mol. The molecule has 4 heteroatoms. The second kappa shape index (κ2) is 5.32. The van der Waals surface area contributed by atoms with Crippen LogP contribution in [0.3, 0.4) is 0 Å². The topological polar surface area (TPSA) is 52.6 Å². The number of hydrogen-bond acceptors (Lipinski definition) is 3. The number of nitrogens with zero attached hydrogens (tertiary/aromatic N) is 1. The summed E-state index contributed by atoms with van der Waals surface area (Å²) in [4.78, 5) is 13.5. The fourth-order valence-corrected chi connectivity index (χ4v) is 1.86. The molecule has 1 rings (SSSR count). The van der Waals surface area contributed by atoms with Gasteiger partial charge in [-0.1, -0.05) is 0 Å². The molecule has 1 atom stereocenters. The first-order chi connectivity index (χ1) is 6.63. The summed E-state index contributed by atoms with van der Waals surface area (Å²) in [5.41, 5.74) is 0. The first-order valence-electron chi connectivity index (χ1n) is 5.27. The molecule has 1 saturated heterocycles. The molecular formula is C10H20N2O2. The highest BCUT2D eigenvalue weighted by Gasteiger charge is 2.25. The van der Waals surface area contributed by atoms with Gasteiger partial charge < -0.3 is 10.4 Å². The molecule has 0 aromatic carbocycles. The van der Waals surface area contributed by atoms with Crippen LogP contribution in [0.5, 0.6) is 0 Å². The van der Waals surface area contributed by atoms with Gasteiger partial charge in [0.15, 0.2) is 0 Å². The lowest BCUT2D eigenvalue weighted by molar-refractivity contribution is -0.123. The van der Waals surface area contributed by atoms with E-state index in [2.05, 4.69) is 10.2 Å². The van der Waals surface area contributed by atoms with E-state index >= 15 is 0 Å². The Kier molecular flexibility index (Phi) is 4.35. The van der Waals surface area contributed by atoms with Crippen molar-refractivity contribution < 1.29 is 9.90 Å². The predicted molar refractivity (Wildman–Crippen MR) is 55.0 cm³/mol. The normalized spacial score (nSPS) is 23.0.